The van der Waals surface area contributed by atoms with Crippen LogP contribution in [0.2, 0.25) is 0 Å². The first-order valence-corrected chi connectivity index (χ1v) is 7.12. The minimum Gasteiger partial charge on any atom is -0.711 e. The summed E-state index contributed by atoms with van der Waals surface area (Å²) in [7, 11) is 0. The van der Waals surface area contributed by atoms with Crippen molar-refractivity contribution >= 4 is 23.5 Å². The number of amides is 1. The predicted molar refractivity (Wildman–Crippen MR) is 76.2 cm³/mol. The lowest BCUT2D eigenvalue weighted by Crippen LogP contribution is -2.39. The summed E-state index contributed by atoms with van der Waals surface area (Å²) in [5, 5.41) is 20.9. The topological polar surface area (TPSA) is 67.5 Å². The van der Waals surface area contributed by atoms with Gasteiger partial charge in [0.15, 0.2) is 5.37 Å². The van der Waals surface area contributed by atoms with Crippen LogP contribution in [0.25, 0.3) is 0 Å². The molecule has 1 aromatic heterocycles. The normalized spacial score (nSPS) is 18.5. The standard InChI is InChI=1S/C14H12N2O3S/c17-11-6-4-10(5-7-11)14-16(13(18)9-20-14)12-3-1-2-8-15(12)19/h1-8,14,17H,9H2. The van der Waals surface area contributed by atoms with Gasteiger partial charge in [-0.15, -0.1) is 0 Å². The number of carbonyl (C=O) groups is 1. The summed E-state index contributed by atoms with van der Waals surface area (Å²) in [6.07, 6.45) is 1.37. The third kappa shape index (κ3) is 2.18. The molecule has 0 bridgehead atoms. The number of hydrogen-bond acceptors (Lipinski definition) is 4. The molecule has 1 N–H and O–H groups in total. The van der Waals surface area contributed by atoms with Gasteiger partial charge in [0.2, 0.25) is 0 Å². The highest BCUT2D eigenvalue weighted by Gasteiger charge is 2.41. The first-order valence-electron chi connectivity index (χ1n) is 6.07. The van der Waals surface area contributed by atoms with Gasteiger partial charge in [0, 0.05) is 11.6 Å². The van der Waals surface area contributed by atoms with Gasteiger partial charge in [-0.05, 0) is 18.2 Å². The second-order valence-corrected chi connectivity index (χ2v) is 5.47. The molecule has 0 radical (unpaired) electrons. The van der Waals surface area contributed by atoms with Crippen LogP contribution in [0.3, 0.4) is 0 Å². The molecule has 2 aromatic rings. The summed E-state index contributed by atoms with van der Waals surface area (Å²) in [6, 6.07) is 11.7. The maximum Gasteiger partial charge on any atom is 0.321 e. The summed E-state index contributed by atoms with van der Waals surface area (Å²) in [5.41, 5.74) is 0.877. The van der Waals surface area contributed by atoms with E-state index >= 15 is 0 Å². The molecule has 1 unspecified atom stereocenters. The number of aromatic nitrogens is 1. The summed E-state index contributed by atoms with van der Waals surface area (Å²) < 4.78 is 0.692. The van der Waals surface area contributed by atoms with Crippen LogP contribution in [0, 0.1) is 5.21 Å². The van der Waals surface area contributed by atoms with Gasteiger partial charge in [0.05, 0.1) is 6.20 Å². The van der Waals surface area contributed by atoms with Crippen molar-refractivity contribution in [2.24, 2.45) is 0 Å². The van der Waals surface area contributed by atoms with Gasteiger partial charge in [0.25, 0.3) is 5.82 Å². The highest BCUT2D eigenvalue weighted by Crippen LogP contribution is 2.40. The number of nitrogens with zero attached hydrogens (tertiary/aromatic N) is 2. The van der Waals surface area contributed by atoms with Gasteiger partial charge in [-0.2, -0.15) is 4.90 Å². The Hall–Kier alpha value is -2.21. The lowest BCUT2D eigenvalue weighted by molar-refractivity contribution is -0.591. The van der Waals surface area contributed by atoms with E-state index in [1.165, 1.54) is 22.9 Å². The van der Waals surface area contributed by atoms with Gasteiger partial charge in [-0.3, -0.25) is 0 Å². The highest BCUT2D eigenvalue weighted by atomic mass is 32.2. The Morgan fingerprint density at radius 1 is 1.25 bits per heavy atom. The second kappa shape index (κ2) is 5.05. The average molecular weight is 288 g/mol. The molecule has 6 heteroatoms. The number of rotatable bonds is 2. The highest BCUT2D eigenvalue weighted by molar-refractivity contribution is 8.00. The molecule has 1 fully saturated rings. The minimum atomic E-state index is -0.245. The van der Waals surface area contributed by atoms with E-state index in [-0.39, 0.29) is 17.0 Å². The molecular weight excluding hydrogens is 276 g/mol. The molecule has 1 saturated heterocycles. The largest absolute Gasteiger partial charge is 0.711 e. The van der Waals surface area contributed by atoms with E-state index < -0.39 is 0 Å². The van der Waals surface area contributed by atoms with E-state index in [0.717, 1.165) is 5.56 Å². The third-order valence-corrected chi connectivity index (χ3v) is 4.31. The van der Waals surface area contributed by atoms with E-state index in [9.17, 15) is 15.1 Å². The van der Waals surface area contributed by atoms with E-state index in [2.05, 4.69) is 0 Å². The van der Waals surface area contributed by atoms with Crippen molar-refractivity contribution in [3.63, 3.8) is 0 Å². The molecule has 1 atom stereocenters. The molecule has 0 saturated carbocycles. The van der Waals surface area contributed by atoms with Crippen LogP contribution < -0.4 is 9.63 Å². The van der Waals surface area contributed by atoms with Gasteiger partial charge in [-0.1, -0.05) is 30.0 Å². The molecule has 3 rings (SSSR count). The number of hydrogen-bond donors (Lipinski definition) is 1. The van der Waals surface area contributed by atoms with Crippen molar-refractivity contribution in [2.45, 2.75) is 5.37 Å². The summed E-state index contributed by atoms with van der Waals surface area (Å²) in [4.78, 5) is 13.6. The van der Waals surface area contributed by atoms with Crippen molar-refractivity contribution in [3.05, 3.63) is 59.4 Å². The summed E-state index contributed by atoms with van der Waals surface area (Å²) in [5.74, 6) is 0.734. The monoisotopic (exact) mass is 288 g/mol. The summed E-state index contributed by atoms with van der Waals surface area (Å²) >= 11 is 1.46. The van der Waals surface area contributed by atoms with Crippen LogP contribution in [0.5, 0.6) is 5.75 Å². The predicted octanol–water partition coefficient (Wildman–Crippen LogP) is 1.80. The Morgan fingerprint density at radius 3 is 2.70 bits per heavy atom. The molecule has 2 heterocycles. The smallest absolute Gasteiger partial charge is 0.321 e. The van der Waals surface area contributed by atoms with Crippen LogP contribution in [0.4, 0.5) is 5.82 Å². The zero-order chi connectivity index (χ0) is 14.1. The SMILES string of the molecule is O=C1CSC(c2ccc(O)cc2)N1c1cccc[n+]1[O-]. The fraction of sp³-hybridized carbons (Fsp3) is 0.143. The second-order valence-electron chi connectivity index (χ2n) is 4.40. The maximum absolute atomic E-state index is 12.1. The quantitative estimate of drug-likeness (QED) is 0.676. The number of aromatic hydroxyl groups is 1. The number of thioether (sulfide) groups is 1. The first kappa shape index (κ1) is 12.8. The number of anilines is 1. The Labute approximate surface area is 120 Å². The molecule has 1 aromatic carbocycles. The van der Waals surface area contributed by atoms with Crippen LogP contribution in [0.1, 0.15) is 10.9 Å². The van der Waals surface area contributed by atoms with Crippen molar-refractivity contribution in [1.82, 2.24) is 0 Å². The van der Waals surface area contributed by atoms with Crippen molar-refractivity contribution in [2.75, 3.05) is 10.7 Å². The number of benzene rings is 1. The fourth-order valence-corrected chi connectivity index (χ4v) is 3.33. The Bertz CT molecular complexity index is 645. The maximum atomic E-state index is 12.1. The van der Waals surface area contributed by atoms with E-state index in [0.29, 0.717) is 16.3 Å². The number of phenolic OH excluding ortho intramolecular Hbond substituents is 1. The van der Waals surface area contributed by atoms with Crippen molar-refractivity contribution in [1.29, 1.82) is 0 Å². The van der Waals surface area contributed by atoms with Crippen molar-refractivity contribution < 1.29 is 14.6 Å². The zero-order valence-corrected chi connectivity index (χ0v) is 11.3. The molecule has 1 amide bonds. The minimum absolute atomic E-state index is 0.0936. The van der Waals surface area contributed by atoms with Crippen LogP contribution >= 0.6 is 11.8 Å². The molecule has 0 aliphatic carbocycles. The number of pyridine rings is 1. The Morgan fingerprint density at radius 2 is 2.00 bits per heavy atom. The molecule has 1 aliphatic rings. The van der Waals surface area contributed by atoms with Gasteiger partial charge in [-0.25, -0.2) is 9.52 Å². The number of phenols is 1. The molecule has 5 nitrogen and oxygen atoms in total. The van der Waals surface area contributed by atoms with E-state index in [1.54, 1.807) is 42.5 Å². The van der Waals surface area contributed by atoms with Crippen molar-refractivity contribution in [3.8, 4) is 5.75 Å². The lowest BCUT2D eigenvalue weighted by atomic mass is 10.2. The van der Waals surface area contributed by atoms with Crippen LogP contribution in [-0.4, -0.2) is 16.8 Å². The van der Waals surface area contributed by atoms with Gasteiger partial charge in [0.1, 0.15) is 11.5 Å². The average Bonchev–Trinajstić information content (AvgIpc) is 2.82. The van der Waals surface area contributed by atoms with E-state index in [1.807, 2.05) is 0 Å². The number of carbonyl (C=O) groups excluding carboxylic acids is 1. The van der Waals surface area contributed by atoms with Gasteiger partial charge >= 0.3 is 5.91 Å². The zero-order valence-electron chi connectivity index (χ0n) is 10.5. The molecule has 0 spiro atoms. The fourth-order valence-electron chi connectivity index (χ4n) is 2.16. The van der Waals surface area contributed by atoms with E-state index in [4.69, 9.17) is 0 Å². The van der Waals surface area contributed by atoms with Crippen LogP contribution in [0.15, 0.2) is 48.7 Å². The summed E-state index contributed by atoms with van der Waals surface area (Å²) in [6.45, 7) is 0. The Balaban J connectivity index is 2.01. The van der Waals surface area contributed by atoms with Crippen LogP contribution in [-0.2, 0) is 4.79 Å². The molecule has 102 valence electrons. The Kier molecular flexibility index (Phi) is 3.23. The molecule has 20 heavy (non-hydrogen) atoms. The van der Waals surface area contributed by atoms with Gasteiger partial charge < -0.3 is 10.3 Å². The molecule has 1 aliphatic heterocycles. The first-order chi connectivity index (χ1) is 9.66. The lowest BCUT2D eigenvalue weighted by Gasteiger charge is -2.20. The molecular formula is C14H12N2O3S. The third-order valence-electron chi connectivity index (χ3n) is 3.10.